The van der Waals surface area contributed by atoms with E-state index in [9.17, 15) is 8.78 Å². The smallest absolute Gasteiger partial charge is 0.145 e. The zero-order chi connectivity index (χ0) is 14.7. The third kappa shape index (κ3) is 3.05. The first kappa shape index (κ1) is 15.5. The van der Waals surface area contributed by atoms with Gasteiger partial charge in [-0.1, -0.05) is 11.4 Å². The van der Waals surface area contributed by atoms with E-state index < -0.39 is 17.7 Å². The molecule has 0 radical (unpaired) electrons. The molecule has 0 fully saturated rings. The third-order valence-corrected chi connectivity index (χ3v) is 4.42. The minimum Gasteiger partial charge on any atom is -0.305 e. The lowest BCUT2D eigenvalue weighted by atomic mass is 10.0. The molecule has 1 atom stereocenters. The summed E-state index contributed by atoms with van der Waals surface area (Å²) in [6, 6.07) is 2.04. The second-order valence-electron chi connectivity index (χ2n) is 4.37. The van der Waals surface area contributed by atoms with Gasteiger partial charge in [0.1, 0.15) is 11.6 Å². The minimum absolute atomic E-state index is 0.00183. The quantitative estimate of drug-likeness (QED) is 0.818. The summed E-state index contributed by atoms with van der Waals surface area (Å²) >= 11 is 4.26. The molecule has 1 unspecified atom stereocenters. The van der Waals surface area contributed by atoms with E-state index in [4.69, 9.17) is 0 Å². The highest BCUT2D eigenvalue weighted by molar-refractivity contribution is 9.10. The van der Waals surface area contributed by atoms with Crippen LogP contribution in [-0.2, 0) is 0 Å². The van der Waals surface area contributed by atoms with Crippen LogP contribution >= 0.6 is 27.5 Å². The van der Waals surface area contributed by atoms with Crippen molar-refractivity contribution in [2.24, 2.45) is 0 Å². The SMILES string of the molecule is CCCNC(c1snnc1C)c1c(F)ccc(Br)c1F. The highest BCUT2D eigenvalue weighted by atomic mass is 79.9. The minimum atomic E-state index is -0.591. The van der Waals surface area contributed by atoms with E-state index in [1.165, 1.54) is 12.1 Å². The molecule has 1 heterocycles. The summed E-state index contributed by atoms with van der Waals surface area (Å²) in [5, 5.41) is 7.09. The number of nitrogens with zero attached hydrogens (tertiary/aromatic N) is 2. The second kappa shape index (κ2) is 6.69. The van der Waals surface area contributed by atoms with Crippen LogP contribution in [0.25, 0.3) is 0 Å². The van der Waals surface area contributed by atoms with Gasteiger partial charge < -0.3 is 5.32 Å². The van der Waals surface area contributed by atoms with Crippen LogP contribution in [0.3, 0.4) is 0 Å². The fraction of sp³-hybridized carbons (Fsp3) is 0.385. The van der Waals surface area contributed by atoms with E-state index in [2.05, 4.69) is 30.8 Å². The van der Waals surface area contributed by atoms with Crippen molar-refractivity contribution in [1.82, 2.24) is 14.9 Å². The molecule has 1 aromatic heterocycles. The second-order valence-corrected chi connectivity index (χ2v) is 6.01. The highest BCUT2D eigenvalue weighted by Gasteiger charge is 2.26. The van der Waals surface area contributed by atoms with Gasteiger partial charge in [0.25, 0.3) is 0 Å². The van der Waals surface area contributed by atoms with Gasteiger partial charge in [0.05, 0.1) is 21.1 Å². The number of nitrogens with one attached hydrogen (secondary N) is 1. The van der Waals surface area contributed by atoms with E-state index in [0.29, 0.717) is 12.2 Å². The molecule has 20 heavy (non-hydrogen) atoms. The van der Waals surface area contributed by atoms with Crippen molar-refractivity contribution in [2.75, 3.05) is 6.54 Å². The summed E-state index contributed by atoms with van der Waals surface area (Å²) in [5.74, 6) is -1.17. The number of hydrogen-bond acceptors (Lipinski definition) is 4. The molecule has 0 spiro atoms. The molecule has 2 aromatic rings. The fourth-order valence-electron chi connectivity index (χ4n) is 1.92. The van der Waals surface area contributed by atoms with Crippen LogP contribution < -0.4 is 5.32 Å². The van der Waals surface area contributed by atoms with E-state index in [1.807, 2.05) is 6.92 Å². The van der Waals surface area contributed by atoms with Crippen molar-refractivity contribution in [3.05, 3.63) is 44.4 Å². The average molecular weight is 362 g/mol. The number of aryl methyl sites for hydroxylation is 1. The van der Waals surface area contributed by atoms with Crippen LogP contribution in [0.5, 0.6) is 0 Å². The molecule has 1 aromatic carbocycles. The summed E-state index contributed by atoms with van der Waals surface area (Å²) in [6.45, 7) is 4.43. The van der Waals surface area contributed by atoms with Gasteiger partial charge in [0.15, 0.2) is 0 Å². The summed E-state index contributed by atoms with van der Waals surface area (Å²) in [6.07, 6.45) is 0.860. The van der Waals surface area contributed by atoms with E-state index in [0.717, 1.165) is 22.8 Å². The Morgan fingerprint density at radius 3 is 2.75 bits per heavy atom. The molecule has 0 aliphatic rings. The summed E-state index contributed by atoms with van der Waals surface area (Å²) in [5.41, 5.74) is 0.685. The standard InChI is InChI=1S/C13H14BrF2N3S/c1-3-6-17-12(13-7(2)18-19-20-13)10-9(15)5-4-8(14)11(10)16/h4-5,12,17H,3,6H2,1-2H3. The van der Waals surface area contributed by atoms with Crippen molar-refractivity contribution < 1.29 is 8.78 Å². The van der Waals surface area contributed by atoms with E-state index >= 15 is 0 Å². The first-order chi connectivity index (χ1) is 9.56. The van der Waals surface area contributed by atoms with Gasteiger partial charge in [-0.2, -0.15) is 0 Å². The molecular weight excluding hydrogens is 348 g/mol. The van der Waals surface area contributed by atoms with Gasteiger partial charge in [-0.3, -0.25) is 0 Å². The lowest BCUT2D eigenvalue weighted by Crippen LogP contribution is -2.25. The topological polar surface area (TPSA) is 37.8 Å². The lowest BCUT2D eigenvalue weighted by molar-refractivity contribution is 0.502. The number of halogens is 3. The molecule has 1 N–H and O–H groups in total. The van der Waals surface area contributed by atoms with Crippen molar-refractivity contribution in [2.45, 2.75) is 26.3 Å². The van der Waals surface area contributed by atoms with Crippen molar-refractivity contribution in [1.29, 1.82) is 0 Å². The average Bonchev–Trinajstić information content (AvgIpc) is 2.84. The van der Waals surface area contributed by atoms with E-state index in [1.54, 1.807) is 6.92 Å². The Morgan fingerprint density at radius 1 is 1.40 bits per heavy atom. The molecule has 2 rings (SSSR count). The van der Waals surface area contributed by atoms with Gasteiger partial charge in [0, 0.05) is 5.56 Å². The van der Waals surface area contributed by atoms with Gasteiger partial charge >= 0.3 is 0 Å². The van der Waals surface area contributed by atoms with Gasteiger partial charge in [-0.15, -0.1) is 5.10 Å². The van der Waals surface area contributed by atoms with Crippen LogP contribution in [0.15, 0.2) is 16.6 Å². The van der Waals surface area contributed by atoms with Crippen LogP contribution in [0.4, 0.5) is 8.78 Å². The zero-order valence-corrected chi connectivity index (χ0v) is 13.5. The summed E-state index contributed by atoms with van der Waals surface area (Å²) in [7, 11) is 0. The molecule has 3 nitrogen and oxygen atoms in total. The Balaban J connectivity index is 2.52. The Morgan fingerprint density at radius 2 is 2.15 bits per heavy atom. The fourth-order valence-corrected chi connectivity index (χ4v) is 3.00. The molecule has 7 heteroatoms. The molecule has 0 saturated heterocycles. The van der Waals surface area contributed by atoms with Crippen LogP contribution in [-0.4, -0.2) is 16.1 Å². The predicted molar refractivity (Wildman–Crippen MR) is 78.8 cm³/mol. The maximum absolute atomic E-state index is 14.3. The van der Waals surface area contributed by atoms with E-state index in [-0.39, 0.29) is 10.0 Å². The molecule has 0 aliphatic heterocycles. The Labute approximate surface area is 128 Å². The predicted octanol–water partition coefficient (Wildman–Crippen LogP) is 3.98. The first-order valence-electron chi connectivity index (χ1n) is 6.21. The number of hydrogen-bond donors (Lipinski definition) is 1. The summed E-state index contributed by atoms with van der Waals surface area (Å²) in [4.78, 5) is 0.731. The zero-order valence-electron chi connectivity index (χ0n) is 11.1. The van der Waals surface area contributed by atoms with Crippen molar-refractivity contribution in [3.8, 4) is 0 Å². The largest absolute Gasteiger partial charge is 0.305 e. The van der Waals surface area contributed by atoms with Gasteiger partial charge in [0.2, 0.25) is 0 Å². The first-order valence-corrected chi connectivity index (χ1v) is 7.78. The number of benzene rings is 1. The number of rotatable bonds is 5. The summed E-state index contributed by atoms with van der Waals surface area (Å²) < 4.78 is 32.5. The Bertz CT molecular complexity index is 603. The van der Waals surface area contributed by atoms with Crippen molar-refractivity contribution >= 4 is 27.5 Å². The maximum Gasteiger partial charge on any atom is 0.145 e. The number of aromatic nitrogens is 2. The van der Waals surface area contributed by atoms with Gasteiger partial charge in [-0.05, 0) is 59.5 Å². The third-order valence-electron chi connectivity index (χ3n) is 2.92. The molecular formula is C13H14BrF2N3S. The maximum atomic E-state index is 14.3. The normalized spacial score (nSPS) is 12.7. The molecule has 0 saturated carbocycles. The lowest BCUT2D eigenvalue weighted by Gasteiger charge is -2.19. The Hall–Kier alpha value is -0.920. The molecule has 0 bridgehead atoms. The van der Waals surface area contributed by atoms with Gasteiger partial charge in [-0.25, -0.2) is 8.78 Å². The Kier molecular flexibility index (Phi) is 5.17. The molecule has 0 aliphatic carbocycles. The van der Waals surface area contributed by atoms with Crippen LogP contribution in [0.2, 0.25) is 0 Å². The molecule has 0 amide bonds. The van der Waals surface area contributed by atoms with Crippen molar-refractivity contribution in [3.63, 3.8) is 0 Å². The van der Waals surface area contributed by atoms with Crippen LogP contribution in [0, 0.1) is 18.6 Å². The molecule has 108 valence electrons. The monoisotopic (exact) mass is 361 g/mol. The van der Waals surface area contributed by atoms with Crippen LogP contribution in [0.1, 0.15) is 35.5 Å². The highest BCUT2D eigenvalue weighted by Crippen LogP contribution is 2.33.